The highest BCUT2D eigenvalue weighted by Gasteiger charge is 2.45. The third-order valence-corrected chi connectivity index (χ3v) is 5.47. The van der Waals surface area contributed by atoms with Crippen molar-refractivity contribution in [1.29, 1.82) is 0 Å². The van der Waals surface area contributed by atoms with Crippen LogP contribution in [0, 0.1) is 0 Å². The Balaban J connectivity index is 1.81. The van der Waals surface area contributed by atoms with Crippen LogP contribution < -0.4 is 16.1 Å². The molecule has 0 radical (unpaired) electrons. The van der Waals surface area contributed by atoms with E-state index in [1.165, 1.54) is 4.57 Å². The minimum absolute atomic E-state index is 0.00984. The number of aliphatic hydroxyl groups excluding tert-OH is 3. The molecule has 2 aromatic heterocycles. The van der Waals surface area contributed by atoms with Crippen LogP contribution >= 0.6 is 0 Å². The van der Waals surface area contributed by atoms with Crippen LogP contribution in [0.1, 0.15) is 31.2 Å². The number of aliphatic hydroxyl groups is 3. The second kappa shape index (κ2) is 9.25. The van der Waals surface area contributed by atoms with Crippen LogP contribution in [-0.2, 0) is 17.7 Å². The lowest BCUT2D eigenvalue weighted by molar-refractivity contribution is -0.170. The molecule has 11 nitrogen and oxygen atoms in total. The van der Waals surface area contributed by atoms with Crippen molar-refractivity contribution in [3.63, 3.8) is 0 Å². The highest BCUT2D eigenvalue weighted by Crippen LogP contribution is 2.22. The second-order valence-corrected chi connectivity index (χ2v) is 7.74. The summed E-state index contributed by atoms with van der Waals surface area (Å²) in [5, 5.41) is 29.6. The fraction of sp³-hybridized carbons (Fsp3) is 0.476. The zero-order valence-corrected chi connectivity index (χ0v) is 17.5. The highest BCUT2D eigenvalue weighted by atomic mass is 16.8. The van der Waals surface area contributed by atoms with Crippen molar-refractivity contribution >= 4 is 11.2 Å². The molecule has 0 aliphatic carbocycles. The van der Waals surface area contributed by atoms with Gasteiger partial charge in [-0.1, -0.05) is 43.7 Å². The topological polar surface area (TPSA) is 152 Å². The van der Waals surface area contributed by atoms with Crippen molar-refractivity contribution in [3.8, 4) is 0 Å². The highest BCUT2D eigenvalue weighted by molar-refractivity contribution is 5.70. The Hall–Kier alpha value is -2.99. The molecule has 4 rings (SSSR count). The quantitative estimate of drug-likeness (QED) is 0.349. The summed E-state index contributed by atoms with van der Waals surface area (Å²) >= 11 is 0. The fourth-order valence-electron chi connectivity index (χ4n) is 3.72. The Morgan fingerprint density at radius 3 is 2.59 bits per heavy atom. The van der Waals surface area contributed by atoms with Crippen LogP contribution in [0.2, 0.25) is 0 Å². The number of fused-ring (bicyclic) bond motifs is 1. The zero-order valence-electron chi connectivity index (χ0n) is 17.5. The molecule has 1 aliphatic rings. The summed E-state index contributed by atoms with van der Waals surface area (Å²) in [6.07, 6.45) is -3.13. The van der Waals surface area contributed by atoms with E-state index in [-0.39, 0.29) is 17.7 Å². The summed E-state index contributed by atoms with van der Waals surface area (Å²) in [5.41, 5.74) is -0.330. The number of H-pyrrole nitrogens is 1. The Labute approximate surface area is 182 Å². The molecule has 0 bridgehead atoms. The summed E-state index contributed by atoms with van der Waals surface area (Å²) in [7, 11) is 0. The number of hydrogen-bond acceptors (Lipinski definition) is 8. The van der Waals surface area contributed by atoms with Crippen LogP contribution in [0.5, 0.6) is 0 Å². The van der Waals surface area contributed by atoms with Crippen molar-refractivity contribution < 1.29 is 24.9 Å². The number of nitrogens with one attached hydrogen (secondary N) is 1. The van der Waals surface area contributed by atoms with Gasteiger partial charge < -0.3 is 24.9 Å². The lowest BCUT2D eigenvalue weighted by Gasteiger charge is -2.18. The average molecular weight is 446 g/mol. The first kappa shape index (κ1) is 22.2. The maximum atomic E-state index is 12.7. The smallest absolute Gasteiger partial charge is 0.330 e. The number of ether oxygens (including phenoxy) is 1. The normalized spacial score (nSPS) is 23.1. The van der Waals surface area contributed by atoms with Gasteiger partial charge in [0.25, 0.3) is 11.8 Å². The number of aryl methyl sites for hydroxylation is 1. The second-order valence-electron chi connectivity index (χ2n) is 7.74. The molecular formula is C21H26N4O7. The number of benzene rings is 1. The molecule has 0 spiro atoms. The first-order chi connectivity index (χ1) is 15.4. The van der Waals surface area contributed by atoms with Crippen LogP contribution in [-0.4, -0.2) is 65.8 Å². The lowest BCUT2D eigenvalue weighted by Crippen LogP contribution is -2.39. The molecule has 3 aromatic rings. The molecule has 1 saturated heterocycles. The predicted octanol–water partition coefficient (Wildman–Crippen LogP) is -0.855. The van der Waals surface area contributed by atoms with E-state index < -0.39 is 42.5 Å². The van der Waals surface area contributed by atoms with Crippen molar-refractivity contribution in [2.75, 3.05) is 6.61 Å². The van der Waals surface area contributed by atoms with E-state index in [1.807, 2.05) is 37.3 Å². The number of nitrogens with zero attached hydrogens (tertiary/aromatic N) is 3. The maximum absolute atomic E-state index is 12.7. The monoisotopic (exact) mass is 446 g/mol. The predicted molar refractivity (Wildman–Crippen MR) is 113 cm³/mol. The number of rotatable bonds is 8. The fourth-order valence-corrected chi connectivity index (χ4v) is 3.72. The van der Waals surface area contributed by atoms with Gasteiger partial charge in [-0.15, -0.1) is 0 Å². The third-order valence-electron chi connectivity index (χ3n) is 5.47. The molecule has 1 fully saturated rings. The Morgan fingerprint density at radius 1 is 1.19 bits per heavy atom. The van der Waals surface area contributed by atoms with E-state index in [0.29, 0.717) is 12.2 Å². The first-order valence-electron chi connectivity index (χ1n) is 10.5. The van der Waals surface area contributed by atoms with Gasteiger partial charge in [0.2, 0.25) is 0 Å². The minimum Gasteiger partial charge on any atom is -0.394 e. The van der Waals surface area contributed by atoms with E-state index in [4.69, 9.17) is 9.57 Å². The molecule has 11 heteroatoms. The standard InChI is InChI=1S/C21H26N4O7/c1-2-3-9-14-22-18-15(25(14)32-20-17(28)16(27)13(11-26)31-20)19(29)23-21(30)24(18)10-12-7-5-4-6-8-12/h4-8,13,16-17,20,26-28H,2-3,9-11H2,1H3,(H,23,29,30)/t13-,16-,17-,20+/m1/s1. The van der Waals surface area contributed by atoms with Gasteiger partial charge in [0.1, 0.15) is 24.1 Å². The minimum atomic E-state index is -1.45. The van der Waals surface area contributed by atoms with Crippen molar-refractivity contribution in [2.24, 2.45) is 0 Å². The van der Waals surface area contributed by atoms with Crippen molar-refractivity contribution in [3.05, 3.63) is 62.6 Å². The molecule has 4 N–H and O–H groups in total. The summed E-state index contributed by atoms with van der Waals surface area (Å²) in [5.74, 6) is 0.373. The molecule has 0 saturated carbocycles. The van der Waals surface area contributed by atoms with Gasteiger partial charge in [0, 0.05) is 6.42 Å². The summed E-state index contributed by atoms with van der Waals surface area (Å²) in [6.45, 7) is 1.67. The van der Waals surface area contributed by atoms with Gasteiger partial charge in [0.05, 0.1) is 13.2 Å². The van der Waals surface area contributed by atoms with Crippen molar-refractivity contribution in [2.45, 2.75) is 57.3 Å². The maximum Gasteiger partial charge on any atom is 0.330 e. The summed E-state index contributed by atoms with van der Waals surface area (Å²) in [6, 6.07) is 9.27. The third kappa shape index (κ3) is 4.07. The van der Waals surface area contributed by atoms with E-state index in [1.54, 1.807) is 0 Å². The molecule has 0 amide bonds. The number of hydrogen-bond donors (Lipinski definition) is 4. The number of aromatic amines is 1. The van der Waals surface area contributed by atoms with Crippen molar-refractivity contribution in [1.82, 2.24) is 19.3 Å². The van der Waals surface area contributed by atoms with Gasteiger partial charge in [0.15, 0.2) is 11.2 Å². The molecular weight excluding hydrogens is 420 g/mol. The van der Waals surface area contributed by atoms with Gasteiger partial charge in [-0.3, -0.25) is 14.3 Å². The first-order valence-corrected chi connectivity index (χ1v) is 10.5. The zero-order chi connectivity index (χ0) is 22.8. The van der Waals surface area contributed by atoms with Crippen LogP contribution in [0.15, 0.2) is 39.9 Å². The number of aromatic nitrogens is 4. The van der Waals surface area contributed by atoms with Crippen LogP contribution in [0.4, 0.5) is 0 Å². The van der Waals surface area contributed by atoms with Gasteiger partial charge in [-0.25, -0.2) is 9.78 Å². The molecule has 0 unspecified atom stereocenters. The SMILES string of the molecule is CCCCc1nc2c(c(=O)[nH]c(=O)n2Cc2ccccc2)n1O[C@@H]1O[C@H](CO)[C@@H](O)[C@H]1O. The van der Waals surface area contributed by atoms with E-state index in [2.05, 4.69) is 9.97 Å². The van der Waals surface area contributed by atoms with Gasteiger partial charge in [-0.2, -0.15) is 4.73 Å². The summed E-state index contributed by atoms with van der Waals surface area (Å²) in [4.78, 5) is 37.9. The average Bonchev–Trinajstić information content (AvgIpc) is 3.28. The largest absolute Gasteiger partial charge is 0.394 e. The number of unbranched alkanes of at least 4 members (excludes halogenated alkanes) is 1. The Bertz CT molecular complexity index is 1190. The molecule has 1 aliphatic heterocycles. The van der Waals surface area contributed by atoms with Gasteiger partial charge >= 0.3 is 5.69 Å². The molecule has 32 heavy (non-hydrogen) atoms. The number of imidazole rings is 1. The van der Waals surface area contributed by atoms with E-state index in [9.17, 15) is 24.9 Å². The Kier molecular flexibility index (Phi) is 6.42. The van der Waals surface area contributed by atoms with Crippen LogP contribution in [0.25, 0.3) is 11.2 Å². The summed E-state index contributed by atoms with van der Waals surface area (Å²) < 4.78 is 7.91. The molecule has 1 aromatic carbocycles. The lowest BCUT2D eigenvalue weighted by atomic mass is 10.1. The van der Waals surface area contributed by atoms with E-state index in [0.717, 1.165) is 23.1 Å². The van der Waals surface area contributed by atoms with E-state index >= 15 is 0 Å². The van der Waals surface area contributed by atoms with Gasteiger partial charge in [-0.05, 0) is 12.0 Å². The molecule has 3 heterocycles. The van der Waals surface area contributed by atoms with Crippen LogP contribution in [0.3, 0.4) is 0 Å². The molecule has 4 atom stereocenters. The Morgan fingerprint density at radius 2 is 1.94 bits per heavy atom. The molecule has 172 valence electrons.